The van der Waals surface area contributed by atoms with Crippen LogP contribution in [0.25, 0.3) is 0 Å². The molecule has 1 heterocycles. The van der Waals surface area contributed by atoms with E-state index in [1.165, 1.54) is 24.2 Å². The molecule has 1 aromatic rings. The Labute approximate surface area is 145 Å². The second-order valence-corrected chi connectivity index (χ2v) is 11.5. The first-order valence-electron chi connectivity index (χ1n) is 8.77. The number of rotatable bonds is 11. The Morgan fingerprint density at radius 2 is 1.92 bits per heavy atom. The van der Waals surface area contributed by atoms with Crippen LogP contribution in [-0.4, -0.2) is 43.4 Å². The van der Waals surface area contributed by atoms with Gasteiger partial charge in [0.25, 0.3) is 0 Å². The van der Waals surface area contributed by atoms with Crippen molar-refractivity contribution in [2.75, 3.05) is 19.8 Å². The number of aromatic nitrogens is 2. The summed E-state index contributed by atoms with van der Waals surface area (Å²) in [6, 6.07) is 7.01. The van der Waals surface area contributed by atoms with E-state index in [2.05, 4.69) is 25.8 Å². The number of esters is 1. The Bertz CT molecular complexity index is 554. The molecular formula is C17H29N3O3Si. The van der Waals surface area contributed by atoms with Gasteiger partial charge in [-0.2, -0.15) is 5.26 Å². The molecule has 0 aromatic carbocycles. The van der Waals surface area contributed by atoms with Crippen LogP contribution in [-0.2, 0) is 16.0 Å². The molecule has 0 aliphatic heterocycles. The van der Waals surface area contributed by atoms with Crippen molar-refractivity contribution in [1.29, 1.82) is 5.26 Å². The van der Waals surface area contributed by atoms with Crippen LogP contribution in [0.1, 0.15) is 44.0 Å². The zero-order chi connectivity index (χ0) is 18.0. The molecular weight excluding hydrogens is 322 g/mol. The minimum atomic E-state index is -1.15. The van der Waals surface area contributed by atoms with Crippen LogP contribution in [0.15, 0.2) is 6.20 Å². The largest absolute Gasteiger partial charge is 0.460 e. The number of hydrogen-bond donors (Lipinski definition) is 0. The fourth-order valence-corrected chi connectivity index (χ4v) is 5.97. The molecule has 0 atom stereocenters. The first-order valence-corrected chi connectivity index (χ1v) is 11.6. The zero-order valence-electron chi connectivity index (χ0n) is 15.3. The van der Waals surface area contributed by atoms with Gasteiger partial charge in [0.15, 0.2) is 5.69 Å². The predicted octanol–water partition coefficient (Wildman–Crippen LogP) is 3.46. The molecule has 1 rings (SSSR count). The van der Waals surface area contributed by atoms with E-state index < -0.39 is 14.0 Å². The molecule has 0 saturated heterocycles. The van der Waals surface area contributed by atoms with Crippen molar-refractivity contribution in [1.82, 2.24) is 9.55 Å². The molecule has 0 bridgehead atoms. The first-order chi connectivity index (χ1) is 11.6. The van der Waals surface area contributed by atoms with E-state index in [1.54, 1.807) is 17.7 Å². The maximum absolute atomic E-state index is 11.9. The highest BCUT2D eigenvalue weighted by atomic mass is 28.3. The lowest BCUT2D eigenvalue weighted by Gasteiger charge is -2.27. The molecule has 1 aromatic heterocycles. The number of nitriles is 1. The molecule has 0 amide bonds. The molecule has 24 heavy (non-hydrogen) atoms. The highest BCUT2D eigenvalue weighted by Crippen LogP contribution is 2.24. The molecule has 6 nitrogen and oxygen atoms in total. The van der Waals surface area contributed by atoms with E-state index in [0.717, 1.165) is 6.61 Å². The second-order valence-electron chi connectivity index (χ2n) is 5.90. The van der Waals surface area contributed by atoms with E-state index in [0.29, 0.717) is 13.2 Å². The van der Waals surface area contributed by atoms with Gasteiger partial charge < -0.3 is 14.0 Å². The van der Waals surface area contributed by atoms with Crippen molar-refractivity contribution >= 4 is 14.0 Å². The van der Waals surface area contributed by atoms with E-state index in [4.69, 9.17) is 14.7 Å². The van der Waals surface area contributed by atoms with E-state index in [9.17, 15) is 4.79 Å². The third-order valence-corrected chi connectivity index (χ3v) is 10.6. The normalized spacial score (nSPS) is 11.3. The van der Waals surface area contributed by atoms with E-state index >= 15 is 0 Å². The van der Waals surface area contributed by atoms with E-state index in [-0.39, 0.29) is 18.1 Å². The average molecular weight is 352 g/mol. The van der Waals surface area contributed by atoms with Gasteiger partial charge in [-0.3, -0.25) is 0 Å². The van der Waals surface area contributed by atoms with Crippen molar-refractivity contribution in [3.8, 4) is 6.07 Å². The smallest absolute Gasteiger partial charge is 0.374 e. The maximum Gasteiger partial charge on any atom is 0.374 e. The topological polar surface area (TPSA) is 77.1 Å². The van der Waals surface area contributed by atoms with Crippen LogP contribution in [0.3, 0.4) is 0 Å². The Balaban J connectivity index is 2.54. The van der Waals surface area contributed by atoms with Crippen LogP contribution in [0.2, 0.25) is 24.2 Å². The van der Waals surface area contributed by atoms with Crippen molar-refractivity contribution in [3.63, 3.8) is 0 Å². The van der Waals surface area contributed by atoms with Crippen molar-refractivity contribution in [3.05, 3.63) is 17.7 Å². The standard InChI is InChI=1S/C17H29N3O3Si/c1-5-23-17(21)16-19-15(13-18)14-20(16)9-10-22-11-12-24(6-2,7-3)8-4/h14H,5-12H2,1-4H3. The summed E-state index contributed by atoms with van der Waals surface area (Å²) in [5.41, 5.74) is 0.215. The van der Waals surface area contributed by atoms with Crippen molar-refractivity contribution in [2.45, 2.75) is 58.4 Å². The molecule has 7 heteroatoms. The Hall–Kier alpha value is -1.65. The summed E-state index contributed by atoms with van der Waals surface area (Å²) in [5, 5.41) is 8.96. The number of nitrogens with zero attached hydrogens (tertiary/aromatic N) is 3. The molecule has 0 spiro atoms. The number of carbonyl (C=O) groups is 1. The van der Waals surface area contributed by atoms with Gasteiger partial charge in [-0.25, -0.2) is 9.78 Å². The van der Waals surface area contributed by atoms with Gasteiger partial charge in [0.1, 0.15) is 6.07 Å². The van der Waals surface area contributed by atoms with Gasteiger partial charge in [0.2, 0.25) is 5.82 Å². The molecule has 0 N–H and O–H groups in total. The van der Waals surface area contributed by atoms with E-state index in [1.807, 2.05) is 6.07 Å². The maximum atomic E-state index is 11.9. The summed E-state index contributed by atoms with van der Waals surface area (Å²) >= 11 is 0. The van der Waals surface area contributed by atoms with Crippen molar-refractivity contribution in [2.24, 2.45) is 0 Å². The number of hydrogen-bond acceptors (Lipinski definition) is 5. The average Bonchev–Trinajstić information content (AvgIpc) is 3.02. The van der Waals surface area contributed by atoms with Gasteiger partial charge in [-0.1, -0.05) is 38.9 Å². The quantitative estimate of drug-likeness (QED) is 0.347. The summed E-state index contributed by atoms with van der Waals surface area (Å²) in [6.45, 7) is 10.6. The number of ether oxygens (including phenoxy) is 2. The fourth-order valence-electron chi connectivity index (χ4n) is 2.83. The van der Waals surface area contributed by atoms with Crippen LogP contribution >= 0.6 is 0 Å². The lowest BCUT2D eigenvalue weighted by atomic mass is 10.5. The predicted molar refractivity (Wildman–Crippen MR) is 95.7 cm³/mol. The molecule has 134 valence electrons. The fraction of sp³-hybridized carbons (Fsp3) is 0.706. The molecule has 0 radical (unpaired) electrons. The minimum Gasteiger partial charge on any atom is -0.460 e. The van der Waals surface area contributed by atoms with Crippen LogP contribution in [0.4, 0.5) is 0 Å². The Morgan fingerprint density at radius 1 is 1.25 bits per heavy atom. The number of imidazole rings is 1. The summed E-state index contributed by atoms with van der Waals surface area (Å²) in [4.78, 5) is 15.9. The summed E-state index contributed by atoms with van der Waals surface area (Å²) < 4.78 is 12.4. The summed E-state index contributed by atoms with van der Waals surface area (Å²) in [5.74, 6) is -0.343. The summed E-state index contributed by atoms with van der Waals surface area (Å²) in [7, 11) is -1.15. The van der Waals surface area contributed by atoms with Crippen LogP contribution in [0.5, 0.6) is 0 Å². The Morgan fingerprint density at radius 3 is 2.46 bits per heavy atom. The monoisotopic (exact) mass is 351 g/mol. The molecule has 0 aliphatic rings. The highest BCUT2D eigenvalue weighted by Gasteiger charge is 2.25. The number of carbonyl (C=O) groups excluding carboxylic acids is 1. The van der Waals surface area contributed by atoms with Gasteiger partial charge in [0, 0.05) is 19.3 Å². The third kappa shape index (κ3) is 5.46. The second kappa shape index (κ2) is 10.3. The summed E-state index contributed by atoms with van der Waals surface area (Å²) in [6.07, 6.45) is 1.57. The molecule has 0 saturated carbocycles. The van der Waals surface area contributed by atoms with Gasteiger partial charge >= 0.3 is 5.97 Å². The zero-order valence-corrected chi connectivity index (χ0v) is 16.3. The van der Waals surface area contributed by atoms with Gasteiger partial charge in [0.05, 0.1) is 21.3 Å². The Kier molecular flexibility index (Phi) is 8.72. The first kappa shape index (κ1) is 20.4. The minimum absolute atomic E-state index is 0.163. The van der Waals surface area contributed by atoms with Crippen LogP contribution in [0, 0.1) is 11.3 Å². The van der Waals surface area contributed by atoms with Gasteiger partial charge in [-0.05, 0) is 13.0 Å². The highest BCUT2D eigenvalue weighted by molar-refractivity contribution is 6.79. The van der Waals surface area contributed by atoms with Crippen molar-refractivity contribution < 1.29 is 14.3 Å². The molecule has 0 fully saturated rings. The molecule has 0 aliphatic carbocycles. The lowest BCUT2D eigenvalue weighted by Crippen LogP contribution is -2.32. The molecule has 0 unspecified atom stereocenters. The van der Waals surface area contributed by atoms with Crippen LogP contribution < -0.4 is 0 Å². The lowest BCUT2D eigenvalue weighted by molar-refractivity contribution is 0.0502. The van der Waals surface area contributed by atoms with Gasteiger partial charge in [-0.15, -0.1) is 0 Å². The third-order valence-electron chi connectivity index (χ3n) is 4.85. The SMILES string of the molecule is CCOC(=O)c1nc(C#N)cn1CCOCC[Si](CC)(CC)CC.